The maximum atomic E-state index is 13.6. The van der Waals surface area contributed by atoms with Gasteiger partial charge in [-0.25, -0.2) is 4.79 Å². The van der Waals surface area contributed by atoms with Gasteiger partial charge in [0.05, 0.1) is 0 Å². The van der Waals surface area contributed by atoms with Gasteiger partial charge in [0.2, 0.25) is 11.8 Å². The third kappa shape index (κ3) is 9.44. The Balaban J connectivity index is 3.24. The molecule has 1 aromatic carbocycles. The summed E-state index contributed by atoms with van der Waals surface area (Å²) in [4.78, 5) is 40.8. The van der Waals surface area contributed by atoms with E-state index in [1.54, 1.807) is 32.6 Å². The van der Waals surface area contributed by atoms with Crippen LogP contribution < -0.4 is 10.6 Å². The number of ether oxygens (including phenoxy) is 1. The fourth-order valence-electron chi connectivity index (χ4n) is 3.44. The van der Waals surface area contributed by atoms with Crippen molar-refractivity contribution in [2.45, 2.75) is 105 Å². The fourth-order valence-corrected chi connectivity index (χ4v) is 3.44. The Bertz CT molecular complexity index is 771. The first-order valence-corrected chi connectivity index (χ1v) is 12.1. The Morgan fingerprint density at radius 1 is 1.03 bits per heavy atom. The lowest BCUT2D eigenvalue weighted by Crippen LogP contribution is -2.54. The molecule has 0 saturated carbocycles. The molecule has 7 heteroatoms. The minimum Gasteiger partial charge on any atom is -0.444 e. The number of rotatable bonds is 11. The number of carbonyl (C=O) groups excluding carboxylic acids is 3. The molecule has 3 amide bonds. The van der Waals surface area contributed by atoms with Gasteiger partial charge in [-0.1, -0.05) is 56.5 Å². The van der Waals surface area contributed by atoms with Crippen LogP contribution in [0.4, 0.5) is 4.79 Å². The van der Waals surface area contributed by atoms with Crippen molar-refractivity contribution in [3.63, 3.8) is 0 Å². The highest BCUT2D eigenvalue weighted by Crippen LogP contribution is 2.26. The predicted octanol–water partition coefficient (Wildman–Crippen LogP) is 4.88. The number of carbonyl (C=O) groups is 3. The summed E-state index contributed by atoms with van der Waals surface area (Å²) < 4.78 is 5.31. The summed E-state index contributed by atoms with van der Waals surface area (Å²) in [5, 5.41) is 5.64. The molecule has 0 aliphatic rings. The molecule has 1 rings (SSSR count). The molecule has 1 aromatic rings. The van der Waals surface area contributed by atoms with Gasteiger partial charge < -0.3 is 20.3 Å². The maximum absolute atomic E-state index is 13.6. The zero-order valence-corrected chi connectivity index (χ0v) is 21.7. The van der Waals surface area contributed by atoms with Crippen LogP contribution in [0.3, 0.4) is 0 Å². The number of alkyl carbamates (subject to hydrolysis) is 1. The van der Waals surface area contributed by atoms with Gasteiger partial charge >= 0.3 is 6.09 Å². The molecular formula is C26H43N3O4. The Morgan fingerprint density at radius 3 is 2.15 bits per heavy atom. The monoisotopic (exact) mass is 461 g/mol. The number of nitrogens with zero attached hydrogens (tertiary/aromatic N) is 1. The molecule has 0 radical (unpaired) electrons. The lowest BCUT2D eigenvalue weighted by molar-refractivity contribution is -0.144. The van der Waals surface area contributed by atoms with E-state index in [1.807, 2.05) is 45.0 Å². The van der Waals surface area contributed by atoms with Gasteiger partial charge in [0.15, 0.2) is 0 Å². The lowest BCUT2D eigenvalue weighted by Gasteiger charge is -2.37. The SMILES string of the molecule is CCCCCNC(=O)C(c1ccc(C)cc1)N(C(=O)C(C)NC(=O)OC(C)(C)C)C(C)CC. The molecule has 7 nitrogen and oxygen atoms in total. The molecule has 0 aliphatic heterocycles. The molecular weight excluding hydrogens is 418 g/mol. The molecule has 3 unspecified atom stereocenters. The van der Waals surface area contributed by atoms with Crippen LogP contribution in [0.15, 0.2) is 24.3 Å². The van der Waals surface area contributed by atoms with E-state index in [4.69, 9.17) is 4.74 Å². The molecule has 2 N–H and O–H groups in total. The van der Waals surface area contributed by atoms with E-state index in [9.17, 15) is 14.4 Å². The number of hydrogen-bond donors (Lipinski definition) is 2. The highest BCUT2D eigenvalue weighted by atomic mass is 16.6. The van der Waals surface area contributed by atoms with Crippen LogP contribution in [0.1, 0.15) is 91.3 Å². The van der Waals surface area contributed by atoms with Crippen molar-refractivity contribution in [2.24, 2.45) is 0 Å². The maximum Gasteiger partial charge on any atom is 0.408 e. The highest BCUT2D eigenvalue weighted by molar-refractivity contribution is 5.92. The van der Waals surface area contributed by atoms with E-state index in [0.717, 1.165) is 30.4 Å². The van der Waals surface area contributed by atoms with E-state index in [0.29, 0.717) is 13.0 Å². The summed E-state index contributed by atoms with van der Waals surface area (Å²) in [5.74, 6) is -0.544. The van der Waals surface area contributed by atoms with Crippen molar-refractivity contribution in [1.29, 1.82) is 0 Å². The molecule has 186 valence electrons. The van der Waals surface area contributed by atoms with Crippen LogP contribution in [-0.4, -0.2) is 47.0 Å². The van der Waals surface area contributed by atoms with Crippen molar-refractivity contribution in [1.82, 2.24) is 15.5 Å². The Hall–Kier alpha value is -2.57. The van der Waals surface area contributed by atoms with Crippen molar-refractivity contribution >= 4 is 17.9 Å². The van der Waals surface area contributed by atoms with Gasteiger partial charge in [0, 0.05) is 12.6 Å². The van der Waals surface area contributed by atoms with E-state index >= 15 is 0 Å². The van der Waals surface area contributed by atoms with Gasteiger partial charge in [0.1, 0.15) is 17.7 Å². The third-order valence-corrected chi connectivity index (χ3v) is 5.42. The molecule has 0 aliphatic carbocycles. The second-order valence-corrected chi connectivity index (χ2v) is 9.68. The van der Waals surface area contributed by atoms with Crippen LogP contribution in [0, 0.1) is 6.92 Å². The average Bonchev–Trinajstić information content (AvgIpc) is 2.73. The van der Waals surface area contributed by atoms with Crippen molar-refractivity contribution < 1.29 is 19.1 Å². The lowest BCUT2D eigenvalue weighted by atomic mass is 9.99. The Morgan fingerprint density at radius 2 is 1.64 bits per heavy atom. The molecule has 0 heterocycles. The van der Waals surface area contributed by atoms with Crippen molar-refractivity contribution in [2.75, 3.05) is 6.54 Å². The summed E-state index contributed by atoms with van der Waals surface area (Å²) in [5.41, 5.74) is 1.14. The smallest absolute Gasteiger partial charge is 0.408 e. The first kappa shape index (κ1) is 28.5. The van der Waals surface area contributed by atoms with Crippen molar-refractivity contribution in [3.05, 3.63) is 35.4 Å². The topological polar surface area (TPSA) is 87.7 Å². The number of nitrogens with one attached hydrogen (secondary N) is 2. The summed E-state index contributed by atoms with van der Waals surface area (Å²) in [6.07, 6.45) is 2.97. The molecule has 0 bridgehead atoms. The standard InChI is InChI=1S/C26H43N3O4/c1-9-11-12-17-27-23(30)22(21-15-13-18(3)14-16-21)29(19(4)10-2)24(31)20(5)28-25(32)33-26(6,7)8/h13-16,19-20,22H,9-12,17H2,1-8H3,(H,27,30)(H,28,32). The van der Waals surface area contributed by atoms with Crippen LogP contribution in [0.2, 0.25) is 0 Å². The van der Waals surface area contributed by atoms with Gasteiger partial charge in [-0.2, -0.15) is 0 Å². The number of hydrogen-bond acceptors (Lipinski definition) is 4. The number of amides is 3. The second kappa shape index (κ2) is 13.2. The molecule has 3 atom stereocenters. The summed E-state index contributed by atoms with van der Waals surface area (Å²) in [6.45, 7) is 15.5. The molecule has 0 aromatic heterocycles. The van der Waals surface area contributed by atoms with Crippen LogP contribution in [0.25, 0.3) is 0 Å². The van der Waals surface area contributed by atoms with E-state index in [1.165, 1.54) is 0 Å². The second-order valence-electron chi connectivity index (χ2n) is 9.68. The summed E-state index contributed by atoms with van der Waals surface area (Å²) in [7, 11) is 0. The minimum atomic E-state index is -0.852. The zero-order chi connectivity index (χ0) is 25.2. The van der Waals surface area contributed by atoms with E-state index < -0.39 is 23.8 Å². The summed E-state index contributed by atoms with van der Waals surface area (Å²) in [6, 6.07) is 5.80. The molecule has 0 fully saturated rings. The molecule has 0 saturated heterocycles. The summed E-state index contributed by atoms with van der Waals surface area (Å²) >= 11 is 0. The Labute approximate surface area is 199 Å². The number of unbranched alkanes of at least 4 members (excludes halogenated alkanes) is 2. The number of benzene rings is 1. The quantitative estimate of drug-likeness (QED) is 0.460. The van der Waals surface area contributed by atoms with E-state index in [-0.39, 0.29) is 17.9 Å². The largest absolute Gasteiger partial charge is 0.444 e. The van der Waals surface area contributed by atoms with Gasteiger partial charge in [0.25, 0.3) is 0 Å². The van der Waals surface area contributed by atoms with Crippen LogP contribution in [0.5, 0.6) is 0 Å². The Kier molecular flexibility index (Phi) is 11.4. The molecule has 0 spiro atoms. The van der Waals surface area contributed by atoms with Crippen molar-refractivity contribution in [3.8, 4) is 0 Å². The van der Waals surface area contributed by atoms with E-state index in [2.05, 4.69) is 17.6 Å². The highest BCUT2D eigenvalue weighted by Gasteiger charge is 2.36. The average molecular weight is 462 g/mol. The normalized spacial score (nSPS) is 14.1. The van der Waals surface area contributed by atoms with Crippen LogP contribution >= 0.6 is 0 Å². The number of aryl methyl sites for hydroxylation is 1. The minimum absolute atomic E-state index is 0.215. The molecule has 33 heavy (non-hydrogen) atoms. The first-order chi connectivity index (χ1) is 15.4. The fraction of sp³-hybridized carbons (Fsp3) is 0.654. The van der Waals surface area contributed by atoms with Gasteiger partial charge in [-0.15, -0.1) is 0 Å². The predicted molar refractivity (Wildman–Crippen MR) is 132 cm³/mol. The zero-order valence-electron chi connectivity index (χ0n) is 21.7. The van der Waals surface area contributed by atoms with Gasteiger partial charge in [-0.05, 0) is 59.9 Å². The van der Waals surface area contributed by atoms with Crippen LogP contribution in [-0.2, 0) is 14.3 Å². The first-order valence-electron chi connectivity index (χ1n) is 12.1. The third-order valence-electron chi connectivity index (χ3n) is 5.42. The van der Waals surface area contributed by atoms with Gasteiger partial charge in [-0.3, -0.25) is 9.59 Å².